The molecule has 5 rings (SSSR count). The van der Waals surface area contributed by atoms with Gasteiger partial charge in [-0.05, 0) is 73.8 Å². The molecular weight excluding hydrogens is 447 g/mol. The van der Waals surface area contributed by atoms with E-state index >= 15 is 4.39 Å². The molecule has 0 aliphatic heterocycles. The quantitative estimate of drug-likeness (QED) is 0.494. The third-order valence-electron chi connectivity index (χ3n) is 9.49. The van der Waals surface area contributed by atoms with Gasteiger partial charge in [0.25, 0.3) is 0 Å². The van der Waals surface area contributed by atoms with Gasteiger partial charge in [-0.3, -0.25) is 4.79 Å². The first-order chi connectivity index (χ1) is 16.5. The monoisotopic (exact) mass is 480 g/mol. The molecule has 8 atom stereocenters. The van der Waals surface area contributed by atoms with Crippen LogP contribution in [0.15, 0.2) is 65.8 Å². The standard InChI is InChI=1S/C29H33FO5/c1-17-13-22-20-15-24(30)23-14-19(31)9-11-27(23,2)21(20)10-12-28(22,3)29(17,34)25(32)16-35-26(33)18-7-5-4-6-8-18/h4-11,14,17,20,22,24-25,32,34H,12-13,15-16H2,1-3H3/t17?,20-,22+,24?,25?,27-,28+,29+/m1/s1. The van der Waals surface area contributed by atoms with Crippen LogP contribution in [0.4, 0.5) is 4.39 Å². The Morgan fingerprint density at radius 3 is 2.63 bits per heavy atom. The second-order valence-corrected chi connectivity index (χ2v) is 11.2. The summed E-state index contributed by atoms with van der Waals surface area (Å²) in [7, 11) is 0. The molecule has 0 heterocycles. The number of aliphatic hydroxyl groups is 2. The summed E-state index contributed by atoms with van der Waals surface area (Å²) in [5, 5.41) is 23.2. The number of hydrogen-bond donors (Lipinski definition) is 2. The fourth-order valence-electron chi connectivity index (χ4n) is 7.56. The number of aliphatic hydroxyl groups excluding tert-OH is 1. The van der Waals surface area contributed by atoms with E-state index in [0.29, 0.717) is 24.0 Å². The van der Waals surface area contributed by atoms with E-state index in [0.717, 1.165) is 5.57 Å². The zero-order valence-electron chi connectivity index (χ0n) is 20.4. The summed E-state index contributed by atoms with van der Waals surface area (Å²) in [4.78, 5) is 24.4. The highest BCUT2D eigenvalue weighted by Crippen LogP contribution is 2.67. The average Bonchev–Trinajstić information content (AvgIpc) is 3.06. The van der Waals surface area contributed by atoms with Crippen molar-refractivity contribution in [2.24, 2.45) is 28.6 Å². The predicted octanol–water partition coefficient (Wildman–Crippen LogP) is 4.36. The number of carbonyl (C=O) groups excluding carboxylic acids is 2. The molecule has 2 N–H and O–H groups in total. The lowest BCUT2D eigenvalue weighted by Crippen LogP contribution is -2.60. The Balaban J connectivity index is 1.43. The molecule has 0 bridgehead atoms. The number of halogens is 1. The Morgan fingerprint density at radius 2 is 1.91 bits per heavy atom. The Kier molecular flexibility index (Phi) is 5.68. The van der Waals surface area contributed by atoms with Gasteiger partial charge in [-0.25, -0.2) is 9.18 Å². The van der Waals surface area contributed by atoms with Crippen molar-refractivity contribution in [3.8, 4) is 0 Å². The molecule has 1 aromatic carbocycles. The third kappa shape index (κ3) is 3.40. The van der Waals surface area contributed by atoms with E-state index in [4.69, 9.17) is 4.74 Å². The maximum Gasteiger partial charge on any atom is 0.338 e. The van der Waals surface area contributed by atoms with Crippen LogP contribution in [0, 0.1) is 28.6 Å². The Bertz CT molecular complexity index is 1140. The average molecular weight is 481 g/mol. The van der Waals surface area contributed by atoms with Crippen LogP contribution in [0.3, 0.4) is 0 Å². The highest BCUT2D eigenvalue weighted by molar-refractivity contribution is 6.01. The van der Waals surface area contributed by atoms with E-state index in [1.54, 1.807) is 30.3 Å². The number of benzene rings is 1. The van der Waals surface area contributed by atoms with Crippen molar-refractivity contribution in [2.45, 2.75) is 57.9 Å². The highest BCUT2D eigenvalue weighted by Gasteiger charge is 2.67. The van der Waals surface area contributed by atoms with Gasteiger partial charge < -0.3 is 14.9 Å². The molecule has 5 nitrogen and oxygen atoms in total. The topological polar surface area (TPSA) is 83.8 Å². The van der Waals surface area contributed by atoms with Crippen molar-refractivity contribution in [1.82, 2.24) is 0 Å². The number of fused-ring (bicyclic) bond motifs is 5. The third-order valence-corrected chi connectivity index (χ3v) is 9.49. The number of esters is 1. The molecule has 2 fully saturated rings. The first kappa shape index (κ1) is 24.1. The van der Waals surface area contributed by atoms with Crippen LogP contribution in [0.2, 0.25) is 0 Å². The van der Waals surface area contributed by atoms with E-state index in [1.807, 2.05) is 26.8 Å². The Hall–Kier alpha value is -2.57. The molecule has 3 unspecified atom stereocenters. The fraction of sp³-hybridized carbons (Fsp3) is 0.517. The van der Waals surface area contributed by atoms with Crippen LogP contribution in [0.25, 0.3) is 0 Å². The number of allylic oxidation sites excluding steroid dienone is 6. The normalized spacial score (nSPS) is 40.7. The second-order valence-electron chi connectivity index (χ2n) is 11.2. The molecule has 4 aliphatic carbocycles. The molecule has 2 saturated carbocycles. The molecule has 6 heteroatoms. The summed E-state index contributed by atoms with van der Waals surface area (Å²) < 4.78 is 20.8. The van der Waals surface area contributed by atoms with Gasteiger partial charge in [-0.2, -0.15) is 0 Å². The summed E-state index contributed by atoms with van der Waals surface area (Å²) in [5.41, 5.74) is -0.864. The van der Waals surface area contributed by atoms with E-state index in [9.17, 15) is 19.8 Å². The molecular formula is C29H33FO5. The van der Waals surface area contributed by atoms with Crippen LogP contribution in [-0.4, -0.2) is 46.4 Å². The minimum absolute atomic E-state index is 0.0513. The Labute approximate surface area is 205 Å². The molecule has 1 aromatic rings. The van der Waals surface area contributed by atoms with E-state index in [1.165, 1.54) is 12.2 Å². The van der Waals surface area contributed by atoms with E-state index in [2.05, 4.69) is 6.08 Å². The number of ether oxygens (including phenoxy) is 1. The number of rotatable bonds is 4. The van der Waals surface area contributed by atoms with Crippen molar-refractivity contribution in [1.29, 1.82) is 0 Å². The van der Waals surface area contributed by atoms with Crippen LogP contribution < -0.4 is 0 Å². The minimum Gasteiger partial charge on any atom is -0.459 e. The van der Waals surface area contributed by atoms with Crippen LogP contribution in [0.5, 0.6) is 0 Å². The summed E-state index contributed by atoms with van der Waals surface area (Å²) in [6, 6.07) is 8.54. The molecule has 0 amide bonds. The summed E-state index contributed by atoms with van der Waals surface area (Å²) in [6.07, 6.45) is 5.75. The smallest absolute Gasteiger partial charge is 0.338 e. The van der Waals surface area contributed by atoms with Crippen LogP contribution >= 0.6 is 0 Å². The zero-order chi connectivity index (χ0) is 25.2. The second kappa shape index (κ2) is 8.24. The highest BCUT2D eigenvalue weighted by atomic mass is 19.1. The molecule has 0 saturated heterocycles. The lowest BCUT2D eigenvalue weighted by atomic mass is 9.51. The summed E-state index contributed by atoms with van der Waals surface area (Å²) in [5.74, 6) is -1.17. The maximum atomic E-state index is 15.5. The number of ketones is 1. The lowest BCUT2D eigenvalue weighted by Gasteiger charge is -2.55. The largest absolute Gasteiger partial charge is 0.459 e. The molecule has 0 spiro atoms. The van der Waals surface area contributed by atoms with Gasteiger partial charge in [0.15, 0.2) is 5.78 Å². The van der Waals surface area contributed by atoms with Gasteiger partial charge >= 0.3 is 5.97 Å². The first-order valence-electron chi connectivity index (χ1n) is 12.4. The van der Waals surface area contributed by atoms with Gasteiger partial charge in [0.05, 0.1) is 5.56 Å². The SMILES string of the molecule is CC1C[C@H]2[C@@H]3CC(F)C4=CC(=O)C=C[C@]4(C)C3=CC[C@]2(C)[C@@]1(O)C(O)COC(=O)c1ccccc1. The van der Waals surface area contributed by atoms with E-state index < -0.39 is 34.7 Å². The maximum absolute atomic E-state index is 15.5. The van der Waals surface area contributed by atoms with E-state index in [-0.39, 0.29) is 36.6 Å². The first-order valence-corrected chi connectivity index (χ1v) is 12.4. The molecule has 35 heavy (non-hydrogen) atoms. The van der Waals surface area contributed by atoms with Crippen molar-refractivity contribution in [3.63, 3.8) is 0 Å². The number of carbonyl (C=O) groups is 2. The van der Waals surface area contributed by atoms with Crippen LogP contribution in [-0.2, 0) is 9.53 Å². The van der Waals surface area contributed by atoms with Gasteiger partial charge in [0.2, 0.25) is 0 Å². The van der Waals surface area contributed by atoms with Crippen molar-refractivity contribution in [2.75, 3.05) is 6.61 Å². The molecule has 0 aromatic heterocycles. The zero-order valence-corrected chi connectivity index (χ0v) is 20.4. The summed E-state index contributed by atoms with van der Waals surface area (Å²) >= 11 is 0. The predicted molar refractivity (Wildman–Crippen MR) is 129 cm³/mol. The van der Waals surface area contributed by atoms with Crippen molar-refractivity contribution >= 4 is 11.8 Å². The van der Waals surface area contributed by atoms with Crippen molar-refractivity contribution < 1.29 is 28.9 Å². The molecule has 0 radical (unpaired) electrons. The molecule has 186 valence electrons. The Morgan fingerprint density at radius 1 is 1.20 bits per heavy atom. The number of hydrogen-bond acceptors (Lipinski definition) is 5. The van der Waals surface area contributed by atoms with Gasteiger partial charge in [0, 0.05) is 10.8 Å². The van der Waals surface area contributed by atoms with Gasteiger partial charge in [0.1, 0.15) is 24.5 Å². The summed E-state index contributed by atoms with van der Waals surface area (Å²) in [6.45, 7) is 5.53. The van der Waals surface area contributed by atoms with Gasteiger partial charge in [-0.15, -0.1) is 0 Å². The molecule has 4 aliphatic rings. The minimum atomic E-state index is -1.50. The van der Waals surface area contributed by atoms with Gasteiger partial charge in [-0.1, -0.05) is 49.8 Å². The van der Waals surface area contributed by atoms with Crippen LogP contribution in [0.1, 0.15) is 50.4 Å². The lowest BCUT2D eigenvalue weighted by molar-refractivity contribution is -0.181. The van der Waals surface area contributed by atoms with Crippen molar-refractivity contribution in [3.05, 3.63) is 71.3 Å². The fourth-order valence-corrected chi connectivity index (χ4v) is 7.56. The number of alkyl halides is 1.